The average Bonchev–Trinajstić information content (AvgIpc) is 2.92. The van der Waals surface area contributed by atoms with Crippen LogP contribution < -0.4 is 0 Å². The van der Waals surface area contributed by atoms with E-state index in [2.05, 4.69) is 0 Å². The van der Waals surface area contributed by atoms with Gasteiger partial charge in [0.2, 0.25) is 0 Å². The number of hydrogen-bond acceptors (Lipinski definition) is 3. The number of carbonyl (C=O) groups is 2. The number of likely N-dealkylation sites (tertiary alicyclic amines) is 1. The number of aryl methyl sites for hydroxylation is 2. The third-order valence-corrected chi connectivity index (χ3v) is 3.61. The predicted molar refractivity (Wildman–Crippen MR) is 69.1 cm³/mol. The molecule has 1 atom stereocenters. The molecule has 1 aliphatic heterocycles. The van der Waals surface area contributed by atoms with Crippen LogP contribution in [0.25, 0.3) is 0 Å². The summed E-state index contributed by atoms with van der Waals surface area (Å²) in [6.45, 7) is 4.96. The Morgan fingerprint density at radius 1 is 1.47 bits per heavy atom. The number of carboxylic acids is 1. The van der Waals surface area contributed by atoms with Crippen LogP contribution in [0.2, 0.25) is 0 Å². The van der Waals surface area contributed by atoms with Crippen molar-refractivity contribution in [1.82, 2.24) is 4.90 Å². The van der Waals surface area contributed by atoms with E-state index in [1.807, 2.05) is 6.92 Å². The van der Waals surface area contributed by atoms with Gasteiger partial charge in [0, 0.05) is 19.5 Å². The standard InChI is InChI=1S/C14H19NO4/c1-9-7-12(10(2)19-9)14(18)15-6-5-11(8-15)3-4-13(16)17/h7,11H,3-6,8H2,1-2H3,(H,16,17). The van der Waals surface area contributed by atoms with Crippen LogP contribution in [0.1, 0.15) is 41.1 Å². The molecule has 0 radical (unpaired) electrons. The van der Waals surface area contributed by atoms with Gasteiger partial charge in [-0.15, -0.1) is 0 Å². The van der Waals surface area contributed by atoms with E-state index in [0.29, 0.717) is 36.8 Å². The molecule has 1 N–H and O–H groups in total. The van der Waals surface area contributed by atoms with E-state index >= 15 is 0 Å². The topological polar surface area (TPSA) is 70.8 Å². The first kappa shape index (κ1) is 13.6. The van der Waals surface area contributed by atoms with Crippen LogP contribution in [0.15, 0.2) is 10.5 Å². The summed E-state index contributed by atoms with van der Waals surface area (Å²) in [5.74, 6) is 0.908. The zero-order chi connectivity index (χ0) is 14.0. The molecule has 1 unspecified atom stereocenters. The van der Waals surface area contributed by atoms with Crippen molar-refractivity contribution >= 4 is 11.9 Å². The summed E-state index contributed by atoms with van der Waals surface area (Å²) in [7, 11) is 0. The maximum absolute atomic E-state index is 12.3. The van der Waals surface area contributed by atoms with Gasteiger partial charge in [-0.05, 0) is 38.7 Å². The quantitative estimate of drug-likeness (QED) is 0.906. The Kier molecular flexibility index (Phi) is 3.93. The lowest BCUT2D eigenvalue weighted by Crippen LogP contribution is -2.28. The van der Waals surface area contributed by atoms with Gasteiger partial charge in [-0.1, -0.05) is 0 Å². The fourth-order valence-corrected chi connectivity index (χ4v) is 2.59. The van der Waals surface area contributed by atoms with Crippen molar-refractivity contribution < 1.29 is 19.1 Å². The van der Waals surface area contributed by atoms with Crippen LogP contribution in [0.4, 0.5) is 0 Å². The van der Waals surface area contributed by atoms with E-state index in [4.69, 9.17) is 9.52 Å². The Morgan fingerprint density at radius 2 is 2.21 bits per heavy atom. The van der Waals surface area contributed by atoms with Gasteiger partial charge in [0.1, 0.15) is 11.5 Å². The number of furan rings is 1. The first-order chi connectivity index (χ1) is 8.97. The number of nitrogens with zero attached hydrogens (tertiary/aromatic N) is 1. The highest BCUT2D eigenvalue weighted by atomic mass is 16.4. The third kappa shape index (κ3) is 3.16. The van der Waals surface area contributed by atoms with E-state index in [1.54, 1.807) is 17.9 Å². The Bertz CT molecular complexity index is 492. The van der Waals surface area contributed by atoms with Crippen molar-refractivity contribution in [2.75, 3.05) is 13.1 Å². The summed E-state index contributed by atoms with van der Waals surface area (Å²) in [5.41, 5.74) is 0.622. The van der Waals surface area contributed by atoms with Gasteiger partial charge < -0.3 is 14.4 Å². The Hall–Kier alpha value is -1.78. The van der Waals surface area contributed by atoms with E-state index in [9.17, 15) is 9.59 Å². The van der Waals surface area contributed by atoms with Crippen molar-refractivity contribution in [2.24, 2.45) is 5.92 Å². The summed E-state index contributed by atoms with van der Waals surface area (Å²) >= 11 is 0. The minimum absolute atomic E-state index is 0.00725. The first-order valence-corrected chi connectivity index (χ1v) is 6.55. The van der Waals surface area contributed by atoms with Crippen LogP contribution in [-0.4, -0.2) is 35.0 Å². The van der Waals surface area contributed by atoms with Crippen molar-refractivity contribution in [2.45, 2.75) is 33.1 Å². The number of hydrogen-bond donors (Lipinski definition) is 1. The molecule has 1 saturated heterocycles. The van der Waals surface area contributed by atoms with E-state index < -0.39 is 5.97 Å². The molecular weight excluding hydrogens is 246 g/mol. The second kappa shape index (κ2) is 5.47. The smallest absolute Gasteiger partial charge is 0.303 e. The van der Waals surface area contributed by atoms with Gasteiger partial charge in [0.15, 0.2) is 0 Å². The SMILES string of the molecule is Cc1cc(C(=O)N2CCC(CCC(=O)O)C2)c(C)o1. The fraction of sp³-hybridized carbons (Fsp3) is 0.571. The molecule has 2 rings (SSSR count). The molecule has 1 aromatic heterocycles. The summed E-state index contributed by atoms with van der Waals surface area (Å²) in [4.78, 5) is 24.7. The van der Waals surface area contributed by atoms with Gasteiger partial charge in [0.25, 0.3) is 5.91 Å². The molecule has 0 bridgehead atoms. The van der Waals surface area contributed by atoms with Crippen molar-refractivity contribution in [1.29, 1.82) is 0 Å². The molecule has 1 aromatic rings. The molecule has 0 spiro atoms. The summed E-state index contributed by atoms with van der Waals surface area (Å²) in [6, 6.07) is 1.77. The molecule has 1 amide bonds. The van der Waals surface area contributed by atoms with Gasteiger partial charge in [-0.2, -0.15) is 0 Å². The van der Waals surface area contributed by atoms with Gasteiger partial charge in [-0.25, -0.2) is 0 Å². The van der Waals surface area contributed by atoms with Crippen LogP contribution in [0.3, 0.4) is 0 Å². The lowest BCUT2D eigenvalue weighted by atomic mass is 10.0. The molecule has 0 aliphatic carbocycles. The number of carbonyl (C=O) groups excluding carboxylic acids is 1. The number of carboxylic acid groups (broad SMARTS) is 1. The average molecular weight is 265 g/mol. The molecule has 1 aliphatic rings. The highest BCUT2D eigenvalue weighted by Gasteiger charge is 2.28. The van der Waals surface area contributed by atoms with Crippen LogP contribution in [0.5, 0.6) is 0 Å². The molecule has 1 fully saturated rings. The van der Waals surface area contributed by atoms with E-state index in [-0.39, 0.29) is 12.3 Å². The Morgan fingerprint density at radius 3 is 2.79 bits per heavy atom. The van der Waals surface area contributed by atoms with Crippen molar-refractivity contribution in [3.63, 3.8) is 0 Å². The zero-order valence-corrected chi connectivity index (χ0v) is 11.3. The van der Waals surface area contributed by atoms with E-state index in [0.717, 1.165) is 12.2 Å². The van der Waals surface area contributed by atoms with E-state index in [1.165, 1.54) is 0 Å². The zero-order valence-electron chi connectivity index (χ0n) is 11.3. The largest absolute Gasteiger partial charge is 0.481 e. The molecule has 0 saturated carbocycles. The fourth-order valence-electron chi connectivity index (χ4n) is 2.59. The molecule has 5 nitrogen and oxygen atoms in total. The van der Waals surface area contributed by atoms with Crippen LogP contribution >= 0.6 is 0 Å². The summed E-state index contributed by atoms with van der Waals surface area (Å²) in [6.07, 6.45) is 1.70. The maximum Gasteiger partial charge on any atom is 0.303 e. The first-order valence-electron chi connectivity index (χ1n) is 6.55. The summed E-state index contributed by atoms with van der Waals surface area (Å²) in [5, 5.41) is 8.67. The normalized spacial score (nSPS) is 18.8. The van der Waals surface area contributed by atoms with Gasteiger partial charge in [0.05, 0.1) is 5.56 Å². The molecule has 0 aromatic carbocycles. The summed E-state index contributed by atoms with van der Waals surface area (Å²) < 4.78 is 5.38. The molecule has 19 heavy (non-hydrogen) atoms. The number of aliphatic carboxylic acids is 1. The number of rotatable bonds is 4. The molecule has 104 valence electrons. The Balaban J connectivity index is 1.95. The monoisotopic (exact) mass is 265 g/mol. The highest BCUT2D eigenvalue weighted by Crippen LogP contribution is 2.24. The van der Waals surface area contributed by atoms with Crippen LogP contribution in [-0.2, 0) is 4.79 Å². The van der Waals surface area contributed by atoms with Crippen molar-refractivity contribution in [3.05, 3.63) is 23.2 Å². The van der Waals surface area contributed by atoms with Gasteiger partial charge >= 0.3 is 5.97 Å². The second-order valence-electron chi connectivity index (χ2n) is 5.17. The minimum Gasteiger partial charge on any atom is -0.481 e. The van der Waals surface area contributed by atoms with Crippen LogP contribution in [0, 0.1) is 19.8 Å². The second-order valence-corrected chi connectivity index (χ2v) is 5.17. The Labute approximate surface area is 112 Å². The molecular formula is C14H19NO4. The van der Waals surface area contributed by atoms with Gasteiger partial charge in [-0.3, -0.25) is 9.59 Å². The predicted octanol–water partition coefficient (Wildman–Crippen LogP) is 2.22. The van der Waals surface area contributed by atoms with Crippen molar-refractivity contribution in [3.8, 4) is 0 Å². The molecule has 5 heteroatoms. The lowest BCUT2D eigenvalue weighted by molar-refractivity contribution is -0.137. The maximum atomic E-state index is 12.3. The minimum atomic E-state index is -0.772. The number of amides is 1. The highest BCUT2D eigenvalue weighted by molar-refractivity contribution is 5.95. The third-order valence-electron chi connectivity index (χ3n) is 3.61. The lowest BCUT2D eigenvalue weighted by Gasteiger charge is -2.15. The molecule has 2 heterocycles.